The van der Waals surface area contributed by atoms with Crippen molar-refractivity contribution >= 4 is 5.97 Å². The molecular formula is C14H20N4O2. The molecule has 0 fully saturated rings. The summed E-state index contributed by atoms with van der Waals surface area (Å²) in [5.74, 6) is 0.413. The molecule has 0 aromatic carbocycles. The van der Waals surface area contributed by atoms with Crippen LogP contribution in [0.25, 0.3) is 0 Å². The molecule has 0 unspecified atom stereocenters. The first-order valence-corrected chi connectivity index (χ1v) is 6.76. The Labute approximate surface area is 118 Å². The summed E-state index contributed by atoms with van der Waals surface area (Å²) in [6.45, 7) is 7.37. The molecule has 2 aromatic rings. The van der Waals surface area contributed by atoms with Crippen LogP contribution in [0.4, 0.5) is 0 Å². The molecule has 108 valence electrons. The van der Waals surface area contributed by atoms with E-state index in [0.717, 1.165) is 30.2 Å². The van der Waals surface area contributed by atoms with E-state index < -0.39 is 0 Å². The van der Waals surface area contributed by atoms with Crippen molar-refractivity contribution in [2.24, 2.45) is 0 Å². The predicted octanol–water partition coefficient (Wildman–Crippen LogP) is 1.81. The highest BCUT2D eigenvalue weighted by molar-refractivity contribution is 5.87. The van der Waals surface area contributed by atoms with Gasteiger partial charge in [-0.25, -0.2) is 9.78 Å². The zero-order chi connectivity index (χ0) is 14.7. The average molecular weight is 276 g/mol. The maximum absolute atomic E-state index is 11.7. The number of aromatic nitrogens is 4. The van der Waals surface area contributed by atoms with Gasteiger partial charge < -0.3 is 9.30 Å². The molecule has 0 amide bonds. The van der Waals surface area contributed by atoms with Crippen LogP contribution in [0, 0.1) is 6.92 Å². The number of rotatable bonds is 5. The van der Waals surface area contributed by atoms with Crippen LogP contribution in [0.1, 0.15) is 41.5 Å². The third-order valence-electron chi connectivity index (χ3n) is 3.35. The van der Waals surface area contributed by atoms with E-state index in [-0.39, 0.29) is 5.97 Å². The standard InChI is InChI=1S/C14H20N4O2/c1-5-11-7-12(18(6-2)16-11)9-17-10(3)15-8-13(17)14(19)20-4/h7-8H,5-6,9H2,1-4H3. The maximum Gasteiger partial charge on any atom is 0.356 e. The van der Waals surface area contributed by atoms with Crippen molar-refractivity contribution < 1.29 is 9.53 Å². The number of imidazole rings is 1. The fraction of sp³-hybridized carbons (Fsp3) is 0.500. The van der Waals surface area contributed by atoms with E-state index in [1.54, 1.807) is 6.20 Å². The van der Waals surface area contributed by atoms with Gasteiger partial charge in [-0.1, -0.05) is 6.92 Å². The Morgan fingerprint density at radius 2 is 2.15 bits per heavy atom. The smallest absolute Gasteiger partial charge is 0.356 e. The molecule has 2 heterocycles. The van der Waals surface area contributed by atoms with Crippen LogP contribution in [0.5, 0.6) is 0 Å². The highest BCUT2D eigenvalue weighted by Gasteiger charge is 2.17. The first-order valence-electron chi connectivity index (χ1n) is 6.76. The first kappa shape index (κ1) is 14.3. The molecule has 0 N–H and O–H groups in total. The van der Waals surface area contributed by atoms with Gasteiger partial charge in [0.1, 0.15) is 11.5 Å². The summed E-state index contributed by atoms with van der Waals surface area (Å²) in [4.78, 5) is 15.9. The molecule has 0 saturated heterocycles. The number of hydrogen-bond donors (Lipinski definition) is 0. The van der Waals surface area contributed by atoms with Gasteiger partial charge in [0.2, 0.25) is 0 Å². The number of carbonyl (C=O) groups excluding carboxylic acids is 1. The zero-order valence-electron chi connectivity index (χ0n) is 12.4. The summed E-state index contributed by atoms with van der Waals surface area (Å²) in [7, 11) is 1.38. The molecule has 0 aliphatic heterocycles. The second-order valence-electron chi connectivity index (χ2n) is 4.56. The van der Waals surface area contributed by atoms with E-state index in [4.69, 9.17) is 4.74 Å². The molecule has 0 radical (unpaired) electrons. The van der Waals surface area contributed by atoms with Gasteiger partial charge in [-0.05, 0) is 26.3 Å². The molecule has 2 aromatic heterocycles. The Kier molecular flexibility index (Phi) is 4.22. The molecule has 20 heavy (non-hydrogen) atoms. The Balaban J connectivity index is 2.37. The Morgan fingerprint density at radius 3 is 2.75 bits per heavy atom. The number of nitrogens with zero attached hydrogens (tertiary/aromatic N) is 4. The van der Waals surface area contributed by atoms with E-state index in [1.807, 2.05) is 16.2 Å². The molecule has 0 aliphatic carbocycles. The molecule has 6 heteroatoms. The lowest BCUT2D eigenvalue weighted by Gasteiger charge is -2.10. The molecule has 0 saturated carbocycles. The van der Waals surface area contributed by atoms with Crippen LogP contribution in [-0.4, -0.2) is 32.4 Å². The fourth-order valence-corrected chi connectivity index (χ4v) is 2.19. The van der Waals surface area contributed by atoms with E-state index >= 15 is 0 Å². The second-order valence-corrected chi connectivity index (χ2v) is 4.56. The average Bonchev–Trinajstić information content (AvgIpc) is 3.03. The van der Waals surface area contributed by atoms with Crippen molar-refractivity contribution in [2.75, 3.05) is 7.11 Å². The van der Waals surface area contributed by atoms with Gasteiger partial charge in [-0.3, -0.25) is 4.68 Å². The highest BCUT2D eigenvalue weighted by atomic mass is 16.5. The molecule has 0 bridgehead atoms. The molecule has 0 aliphatic rings. The van der Waals surface area contributed by atoms with Gasteiger partial charge in [0, 0.05) is 6.54 Å². The summed E-state index contributed by atoms with van der Waals surface area (Å²) >= 11 is 0. The largest absolute Gasteiger partial charge is 0.464 e. The molecule has 0 spiro atoms. The number of aryl methyl sites for hydroxylation is 3. The van der Waals surface area contributed by atoms with Crippen LogP contribution >= 0.6 is 0 Å². The topological polar surface area (TPSA) is 61.9 Å². The number of ether oxygens (including phenoxy) is 1. The zero-order valence-corrected chi connectivity index (χ0v) is 12.4. The van der Waals surface area contributed by atoms with Crippen molar-refractivity contribution in [3.8, 4) is 0 Å². The Bertz CT molecular complexity index is 613. The van der Waals surface area contributed by atoms with Crippen molar-refractivity contribution in [2.45, 2.75) is 40.3 Å². The van der Waals surface area contributed by atoms with E-state index in [1.165, 1.54) is 7.11 Å². The fourth-order valence-electron chi connectivity index (χ4n) is 2.19. The Morgan fingerprint density at radius 1 is 1.40 bits per heavy atom. The van der Waals surface area contributed by atoms with Crippen LogP contribution in [0.3, 0.4) is 0 Å². The van der Waals surface area contributed by atoms with Crippen LogP contribution in [0.15, 0.2) is 12.3 Å². The van der Waals surface area contributed by atoms with Crippen molar-refractivity contribution in [1.29, 1.82) is 0 Å². The molecule has 2 rings (SSSR count). The van der Waals surface area contributed by atoms with E-state index in [0.29, 0.717) is 12.2 Å². The minimum atomic E-state index is -0.371. The monoisotopic (exact) mass is 276 g/mol. The minimum Gasteiger partial charge on any atom is -0.464 e. The summed E-state index contributed by atoms with van der Waals surface area (Å²) in [6, 6.07) is 2.07. The van der Waals surface area contributed by atoms with Crippen molar-refractivity contribution in [3.63, 3.8) is 0 Å². The summed E-state index contributed by atoms with van der Waals surface area (Å²) in [5, 5.41) is 4.52. The third-order valence-corrected chi connectivity index (χ3v) is 3.35. The first-order chi connectivity index (χ1) is 9.60. The highest BCUT2D eigenvalue weighted by Crippen LogP contribution is 2.13. The summed E-state index contributed by atoms with van der Waals surface area (Å²) < 4.78 is 8.60. The van der Waals surface area contributed by atoms with Gasteiger partial charge in [-0.15, -0.1) is 0 Å². The van der Waals surface area contributed by atoms with Crippen molar-refractivity contribution in [3.05, 3.63) is 35.2 Å². The third kappa shape index (κ3) is 2.59. The lowest BCUT2D eigenvalue weighted by atomic mass is 10.3. The number of methoxy groups -OCH3 is 1. The van der Waals surface area contributed by atoms with Crippen LogP contribution in [0.2, 0.25) is 0 Å². The van der Waals surface area contributed by atoms with Crippen molar-refractivity contribution in [1.82, 2.24) is 19.3 Å². The van der Waals surface area contributed by atoms with Crippen LogP contribution in [-0.2, 0) is 24.2 Å². The van der Waals surface area contributed by atoms with Gasteiger partial charge in [0.25, 0.3) is 0 Å². The van der Waals surface area contributed by atoms with Gasteiger partial charge in [0.05, 0.1) is 31.2 Å². The normalized spacial score (nSPS) is 10.8. The molecule has 0 atom stereocenters. The molecular weight excluding hydrogens is 256 g/mol. The van der Waals surface area contributed by atoms with E-state index in [2.05, 4.69) is 30.0 Å². The van der Waals surface area contributed by atoms with Crippen LogP contribution < -0.4 is 0 Å². The molecule has 6 nitrogen and oxygen atoms in total. The van der Waals surface area contributed by atoms with Gasteiger partial charge >= 0.3 is 5.97 Å². The number of esters is 1. The Hall–Kier alpha value is -2.11. The van der Waals surface area contributed by atoms with E-state index in [9.17, 15) is 4.79 Å². The predicted molar refractivity (Wildman–Crippen MR) is 74.7 cm³/mol. The lowest BCUT2D eigenvalue weighted by molar-refractivity contribution is 0.0588. The number of hydrogen-bond acceptors (Lipinski definition) is 4. The lowest BCUT2D eigenvalue weighted by Crippen LogP contribution is -2.15. The quantitative estimate of drug-likeness (QED) is 0.781. The summed E-state index contributed by atoms with van der Waals surface area (Å²) in [6.07, 6.45) is 2.45. The summed E-state index contributed by atoms with van der Waals surface area (Å²) in [5.41, 5.74) is 2.58. The number of carbonyl (C=O) groups is 1. The SMILES string of the molecule is CCc1cc(Cn2c(C(=O)OC)cnc2C)n(CC)n1. The minimum absolute atomic E-state index is 0.371. The van der Waals surface area contributed by atoms with Gasteiger partial charge in [-0.2, -0.15) is 5.10 Å². The van der Waals surface area contributed by atoms with Gasteiger partial charge in [0.15, 0.2) is 0 Å². The second kappa shape index (κ2) is 5.90. The maximum atomic E-state index is 11.7.